The SMILES string of the molecule is O=C(NCC1CCC(Br)C1)c1ccccc1. The summed E-state index contributed by atoms with van der Waals surface area (Å²) < 4.78 is 0. The van der Waals surface area contributed by atoms with Crippen molar-refractivity contribution in [2.45, 2.75) is 24.1 Å². The molecule has 86 valence electrons. The molecule has 0 bridgehead atoms. The van der Waals surface area contributed by atoms with E-state index in [1.807, 2.05) is 30.3 Å². The summed E-state index contributed by atoms with van der Waals surface area (Å²) in [5, 5.41) is 3.00. The van der Waals surface area contributed by atoms with Crippen molar-refractivity contribution >= 4 is 21.8 Å². The minimum absolute atomic E-state index is 0.0404. The minimum atomic E-state index is 0.0404. The van der Waals surface area contributed by atoms with Crippen LogP contribution < -0.4 is 5.32 Å². The van der Waals surface area contributed by atoms with Crippen LogP contribution in [0.1, 0.15) is 29.6 Å². The van der Waals surface area contributed by atoms with Crippen molar-refractivity contribution in [2.75, 3.05) is 6.54 Å². The molecule has 1 amide bonds. The Labute approximate surface area is 105 Å². The third-order valence-electron chi connectivity index (χ3n) is 3.06. The summed E-state index contributed by atoms with van der Waals surface area (Å²) in [6.07, 6.45) is 3.62. The van der Waals surface area contributed by atoms with E-state index in [2.05, 4.69) is 21.2 Å². The molecule has 2 unspecified atom stereocenters. The highest BCUT2D eigenvalue weighted by Gasteiger charge is 2.22. The van der Waals surface area contributed by atoms with E-state index in [9.17, 15) is 4.79 Å². The van der Waals surface area contributed by atoms with Gasteiger partial charge in [0.25, 0.3) is 5.91 Å². The van der Waals surface area contributed by atoms with Crippen LogP contribution in [0, 0.1) is 5.92 Å². The summed E-state index contributed by atoms with van der Waals surface area (Å²) in [6.45, 7) is 0.801. The zero-order valence-electron chi connectivity index (χ0n) is 9.16. The summed E-state index contributed by atoms with van der Waals surface area (Å²) in [4.78, 5) is 12.4. The number of nitrogens with one attached hydrogen (secondary N) is 1. The molecule has 1 aliphatic carbocycles. The van der Waals surface area contributed by atoms with E-state index in [0.29, 0.717) is 10.7 Å². The lowest BCUT2D eigenvalue weighted by atomic mass is 10.1. The summed E-state index contributed by atoms with van der Waals surface area (Å²) in [6, 6.07) is 9.38. The monoisotopic (exact) mass is 281 g/mol. The smallest absolute Gasteiger partial charge is 0.251 e. The number of hydrogen-bond donors (Lipinski definition) is 1. The van der Waals surface area contributed by atoms with E-state index < -0.39 is 0 Å². The number of amides is 1. The molecular weight excluding hydrogens is 266 g/mol. The molecule has 3 heteroatoms. The van der Waals surface area contributed by atoms with Crippen LogP contribution in [0.15, 0.2) is 30.3 Å². The van der Waals surface area contributed by atoms with Gasteiger partial charge in [0.1, 0.15) is 0 Å². The fourth-order valence-corrected chi connectivity index (χ4v) is 2.92. The number of halogens is 1. The van der Waals surface area contributed by atoms with E-state index in [1.54, 1.807) is 0 Å². The van der Waals surface area contributed by atoms with Crippen molar-refractivity contribution in [2.24, 2.45) is 5.92 Å². The first kappa shape index (κ1) is 11.6. The van der Waals surface area contributed by atoms with Gasteiger partial charge in [0.15, 0.2) is 0 Å². The Hall–Kier alpha value is -0.830. The van der Waals surface area contributed by atoms with Gasteiger partial charge in [0.05, 0.1) is 0 Å². The van der Waals surface area contributed by atoms with Crippen LogP contribution in [-0.2, 0) is 0 Å². The summed E-state index contributed by atoms with van der Waals surface area (Å²) in [5.41, 5.74) is 0.746. The molecule has 1 fully saturated rings. The van der Waals surface area contributed by atoms with Crippen molar-refractivity contribution in [3.63, 3.8) is 0 Å². The fraction of sp³-hybridized carbons (Fsp3) is 0.462. The maximum Gasteiger partial charge on any atom is 0.251 e. The molecular formula is C13H16BrNO. The lowest BCUT2D eigenvalue weighted by Crippen LogP contribution is -2.28. The topological polar surface area (TPSA) is 29.1 Å². The van der Waals surface area contributed by atoms with Gasteiger partial charge in [-0.1, -0.05) is 34.1 Å². The van der Waals surface area contributed by atoms with E-state index in [1.165, 1.54) is 19.3 Å². The van der Waals surface area contributed by atoms with E-state index >= 15 is 0 Å². The Morgan fingerprint density at radius 1 is 1.31 bits per heavy atom. The Morgan fingerprint density at radius 2 is 2.06 bits per heavy atom. The van der Waals surface area contributed by atoms with Gasteiger partial charge in [0, 0.05) is 16.9 Å². The van der Waals surface area contributed by atoms with Crippen molar-refractivity contribution in [1.29, 1.82) is 0 Å². The fourth-order valence-electron chi connectivity index (χ4n) is 2.13. The number of carbonyl (C=O) groups is 1. The third-order valence-corrected chi connectivity index (χ3v) is 3.90. The van der Waals surface area contributed by atoms with Crippen LogP contribution in [0.2, 0.25) is 0 Å². The number of hydrogen-bond acceptors (Lipinski definition) is 1. The van der Waals surface area contributed by atoms with E-state index in [-0.39, 0.29) is 5.91 Å². The minimum Gasteiger partial charge on any atom is -0.352 e. The molecule has 0 heterocycles. The molecule has 0 aliphatic heterocycles. The standard InChI is InChI=1S/C13H16BrNO/c14-12-7-6-10(8-12)9-15-13(16)11-4-2-1-3-5-11/h1-5,10,12H,6-9H2,(H,15,16). The second-order valence-electron chi connectivity index (χ2n) is 4.35. The van der Waals surface area contributed by atoms with Gasteiger partial charge in [0.2, 0.25) is 0 Å². The normalized spacial score (nSPS) is 24.3. The molecule has 2 rings (SSSR count). The highest BCUT2D eigenvalue weighted by Crippen LogP contribution is 2.29. The van der Waals surface area contributed by atoms with E-state index in [4.69, 9.17) is 0 Å². The molecule has 1 saturated carbocycles. The summed E-state index contributed by atoms with van der Waals surface area (Å²) in [7, 11) is 0. The Bertz CT molecular complexity index is 352. The molecule has 0 aromatic heterocycles. The quantitative estimate of drug-likeness (QED) is 0.848. The van der Waals surface area contributed by atoms with Crippen LogP contribution in [0.3, 0.4) is 0 Å². The van der Waals surface area contributed by atoms with Crippen molar-refractivity contribution in [3.8, 4) is 0 Å². The number of carbonyl (C=O) groups excluding carboxylic acids is 1. The van der Waals surface area contributed by atoms with Gasteiger partial charge in [-0.15, -0.1) is 0 Å². The molecule has 2 nitrogen and oxygen atoms in total. The van der Waals surface area contributed by atoms with Crippen LogP contribution in [0.4, 0.5) is 0 Å². The van der Waals surface area contributed by atoms with Crippen molar-refractivity contribution in [3.05, 3.63) is 35.9 Å². The van der Waals surface area contributed by atoms with Crippen LogP contribution in [0.5, 0.6) is 0 Å². The second-order valence-corrected chi connectivity index (χ2v) is 5.65. The third kappa shape index (κ3) is 3.08. The summed E-state index contributed by atoms with van der Waals surface area (Å²) >= 11 is 3.62. The molecule has 2 atom stereocenters. The second kappa shape index (κ2) is 5.48. The predicted octanol–water partition coefficient (Wildman–Crippen LogP) is 2.98. The van der Waals surface area contributed by atoms with Gasteiger partial charge in [-0.3, -0.25) is 4.79 Å². The lowest BCUT2D eigenvalue weighted by Gasteiger charge is -2.10. The largest absolute Gasteiger partial charge is 0.352 e. The molecule has 0 saturated heterocycles. The zero-order chi connectivity index (χ0) is 11.4. The summed E-state index contributed by atoms with van der Waals surface area (Å²) in [5.74, 6) is 0.677. The Kier molecular flexibility index (Phi) is 3.99. The number of rotatable bonds is 3. The molecule has 1 aromatic rings. The van der Waals surface area contributed by atoms with Crippen molar-refractivity contribution in [1.82, 2.24) is 5.32 Å². The number of benzene rings is 1. The average Bonchev–Trinajstić information content (AvgIpc) is 2.73. The van der Waals surface area contributed by atoms with Crippen LogP contribution >= 0.6 is 15.9 Å². The number of alkyl halides is 1. The highest BCUT2D eigenvalue weighted by atomic mass is 79.9. The van der Waals surface area contributed by atoms with Gasteiger partial charge in [-0.05, 0) is 37.3 Å². The maximum absolute atomic E-state index is 11.8. The predicted molar refractivity (Wildman–Crippen MR) is 68.8 cm³/mol. The van der Waals surface area contributed by atoms with E-state index in [0.717, 1.165) is 12.1 Å². The maximum atomic E-state index is 11.8. The molecule has 1 N–H and O–H groups in total. The molecule has 1 aromatic carbocycles. The zero-order valence-corrected chi connectivity index (χ0v) is 10.7. The molecule has 1 aliphatic rings. The average molecular weight is 282 g/mol. The molecule has 0 spiro atoms. The first-order valence-electron chi connectivity index (χ1n) is 5.73. The Morgan fingerprint density at radius 3 is 2.69 bits per heavy atom. The lowest BCUT2D eigenvalue weighted by molar-refractivity contribution is 0.0947. The molecule has 16 heavy (non-hydrogen) atoms. The van der Waals surface area contributed by atoms with Crippen LogP contribution in [0.25, 0.3) is 0 Å². The highest BCUT2D eigenvalue weighted by molar-refractivity contribution is 9.09. The van der Waals surface area contributed by atoms with Gasteiger partial charge in [-0.25, -0.2) is 0 Å². The first-order chi connectivity index (χ1) is 7.75. The van der Waals surface area contributed by atoms with Crippen LogP contribution in [-0.4, -0.2) is 17.3 Å². The van der Waals surface area contributed by atoms with Gasteiger partial charge < -0.3 is 5.32 Å². The van der Waals surface area contributed by atoms with Gasteiger partial charge in [-0.2, -0.15) is 0 Å². The van der Waals surface area contributed by atoms with Crippen molar-refractivity contribution < 1.29 is 4.79 Å². The molecule has 0 radical (unpaired) electrons. The van der Waals surface area contributed by atoms with Gasteiger partial charge >= 0.3 is 0 Å². The Balaban J connectivity index is 1.80. The first-order valence-corrected chi connectivity index (χ1v) is 6.64.